The van der Waals surface area contributed by atoms with E-state index in [0.717, 1.165) is 18.8 Å². The van der Waals surface area contributed by atoms with E-state index in [1.54, 1.807) is 6.20 Å². The lowest BCUT2D eigenvalue weighted by atomic mass is 10.0. The molecule has 0 aromatic carbocycles. The first-order valence-corrected chi connectivity index (χ1v) is 7.67. The Kier molecular flexibility index (Phi) is 3.74. The summed E-state index contributed by atoms with van der Waals surface area (Å²) < 4.78 is 27.8. The van der Waals surface area contributed by atoms with Crippen molar-refractivity contribution < 1.29 is 8.42 Å². The van der Waals surface area contributed by atoms with Gasteiger partial charge >= 0.3 is 0 Å². The second-order valence-corrected chi connectivity index (χ2v) is 6.63. The molecule has 0 spiro atoms. The molecule has 2 heterocycles. The van der Waals surface area contributed by atoms with Crippen LogP contribution < -0.4 is 5.73 Å². The first-order chi connectivity index (χ1) is 8.48. The Morgan fingerprint density at radius 2 is 2.17 bits per heavy atom. The minimum absolute atomic E-state index is 0.156. The van der Waals surface area contributed by atoms with Crippen molar-refractivity contribution in [2.75, 3.05) is 19.6 Å². The molecule has 1 fully saturated rings. The van der Waals surface area contributed by atoms with E-state index in [9.17, 15) is 8.42 Å². The van der Waals surface area contributed by atoms with Crippen LogP contribution in [0.1, 0.15) is 19.2 Å². The molecule has 0 bridgehead atoms. The molecule has 1 aliphatic heterocycles. The minimum atomic E-state index is -3.42. The second-order valence-electron chi connectivity index (χ2n) is 4.74. The molecule has 0 amide bonds. The summed E-state index contributed by atoms with van der Waals surface area (Å²) in [6, 6.07) is 0. The molecule has 0 radical (unpaired) electrons. The van der Waals surface area contributed by atoms with Crippen LogP contribution in [0.4, 0.5) is 0 Å². The quantitative estimate of drug-likeness (QED) is 0.829. The zero-order valence-corrected chi connectivity index (χ0v) is 11.7. The van der Waals surface area contributed by atoms with Gasteiger partial charge in [0.05, 0.1) is 0 Å². The lowest BCUT2D eigenvalue weighted by Gasteiger charge is -2.36. The van der Waals surface area contributed by atoms with Crippen molar-refractivity contribution in [2.45, 2.75) is 31.8 Å². The summed E-state index contributed by atoms with van der Waals surface area (Å²) in [6.45, 7) is 6.23. The van der Waals surface area contributed by atoms with E-state index in [4.69, 9.17) is 5.73 Å². The molecule has 0 aliphatic carbocycles. The fourth-order valence-electron chi connectivity index (χ4n) is 2.07. The molecule has 1 aromatic rings. The van der Waals surface area contributed by atoms with Crippen molar-refractivity contribution in [2.24, 2.45) is 11.7 Å². The number of nitrogens with two attached hydrogens (primary N) is 1. The van der Waals surface area contributed by atoms with Gasteiger partial charge in [-0.05, 0) is 25.8 Å². The Balaban J connectivity index is 2.18. The summed E-state index contributed by atoms with van der Waals surface area (Å²) in [5.41, 5.74) is 5.50. The molecule has 0 atom stereocenters. The van der Waals surface area contributed by atoms with E-state index in [1.165, 1.54) is 4.31 Å². The Morgan fingerprint density at radius 3 is 2.72 bits per heavy atom. The zero-order chi connectivity index (χ0) is 13.3. The van der Waals surface area contributed by atoms with Crippen LogP contribution in [0.2, 0.25) is 0 Å². The first-order valence-electron chi connectivity index (χ1n) is 6.23. The van der Waals surface area contributed by atoms with Gasteiger partial charge in [0.25, 0.3) is 10.0 Å². The van der Waals surface area contributed by atoms with Crippen LogP contribution in [-0.2, 0) is 16.6 Å². The fraction of sp³-hybridized carbons (Fsp3) is 0.727. The third kappa shape index (κ3) is 2.30. The average Bonchev–Trinajstić information content (AvgIpc) is 2.60. The number of hydrogen-bond donors (Lipinski definition) is 1. The molecule has 0 unspecified atom stereocenters. The van der Waals surface area contributed by atoms with Crippen molar-refractivity contribution in [3.05, 3.63) is 12.0 Å². The maximum Gasteiger partial charge on any atom is 0.262 e. The van der Waals surface area contributed by atoms with Crippen molar-refractivity contribution in [3.63, 3.8) is 0 Å². The lowest BCUT2D eigenvalue weighted by Crippen LogP contribution is -2.52. The second kappa shape index (κ2) is 4.99. The number of hydrogen-bond acceptors (Lipinski definition) is 4. The van der Waals surface area contributed by atoms with E-state index >= 15 is 0 Å². The summed E-state index contributed by atoms with van der Waals surface area (Å²) in [6.07, 6.45) is 2.58. The summed E-state index contributed by atoms with van der Waals surface area (Å²) in [5.74, 6) is 1.03. The highest BCUT2D eigenvalue weighted by Crippen LogP contribution is 2.24. The third-order valence-electron chi connectivity index (χ3n) is 3.28. The Morgan fingerprint density at radius 1 is 1.50 bits per heavy atom. The summed E-state index contributed by atoms with van der Waals surface area (Å²) >= 11 is 0. The normalized spacial score (nSPS) is 17.9. The molecule has 102 valence electrons. The van der Waals surface area contributed by atoms with Gasteiger partial charge in [0.15, 0.2) is 5.03 Å². The van der Waals surface area contributed by atoms with Gasteiger partial charge in [-0.15, -0.1) is 0 Å². The average molecular weight is 272 g/mol. The van der Waals surface area contributed by atoms with Gasteiger partial charge in [-0.25, -0.2) is 13.4 Å². The van der Waals surface area contributed by atoms with Gasteiger partial charge in [0, 0.05) is 25.8 Å². The number of nitrogens with zero attached hydrogens (tertiary/aromatic N) is 3. The monoisotopic (exact) mass is 272 g/mol. The van der Waals surface area contributed by atoms with E-state index in [0.29, 0.717) is 25.6 Å². The van der Waals surface area contributed by atoms with Crippen molar-refractivity contribution >= 4 is 10.0 Å². The smallest absolute Gasteiger partial charge is 0.262 e. The summed E-state index contributed by atoms with van der Waals surface area (Å²) in [4.78, 5) is 4.16. The van der Waals surface area contributed by atoms with Crippen LogP contribution in [0.25, 0.3) is 0 Å². The number of aryl methyl sites for hydroxylation is 2. The number of imidazole rings is 1. The molecule has 1 aromatic heterocycles. The van der Waals surface area contributed by atoms with E-state index < -0.39 is 10.0 Å². The summed E-state index contributed by atoms with van der Waals surface area (Å²) in [5, 5.41) is 0.156. The Bertz CT molecular complexity index is 517. The van der Waals surface area contributed by atoms with E-state index in [2.05, 4.69) is 11.9 Å². The van der Waals surface area contributed by atoms with Crippen LogP contribution in [0.15, 0.2) is 11.2 Å². The Labute approximate surface area is 108 Å². The standard InChI is InChI=1S/C11H20N4O2S/c1-3-4-14-8-11(13-9(14)2)18(16,17)15-6-10(5-12)7-15/h8,10H,3-7,12H2,1-2H3. The van der Waals surface area contributed by atoms with Gasteiger partial charge in [0.2, 0.25) is 0 Å². The highest BCUT2D eigenvalue weighted by Gasteiger charge is 2.37. The van der Waals surface area contributed by atoms with Gasteiger partial charge in [0.1, 0.15) is 5.82 Å². The maximum atomic E-state index is 12.3. The van der Waals surface area contributed by atoms with Crippen molar-refractivity contribution in [3.8, 4) is 0 Å². The molecule has 1 aliphatic rings. The highest BCUT2D eigenvalue weighted by atomic mass is 32.2. The topological polar surface area (TPSA) is 81.2 Å². The van der Waals surface area contributed by atoms with Gasteiger partial charge in [-0.1, -0.05) is 6.92 Å². The molecule has 0 saturated carbocycles. The SMILES string of the molecule is CCCn1cc(S(=O)(=O)N2CC(CN)C2)nc1C. The van der Waals surface area contributed by atoms with Crippen LogP contribution in [0.3, 0.4) is 0 Å². The number of aromatic nitrogens is 2. The lowest BCUT2D eigenvalue weighted by molar-refractivity contribution is 0.207. The Hall–Kier alpha value is -0.920. The van der Waals surface area contributed by atoms with E-state index in [-0.39, 0.29) is 5.03 Å². The predicted octanol–water partition coefficient (Wildman–Crippen LogP) is 0.181. The van der Waals surface area contributed by atoms with Gasteiger partial charge in [-0.3, -0.25) is 0 Å². The molecular formula is C11H20N4O2S. The first kappa shape index (κ1) is 13.5. The molecular weight excluding hydrogens is 252 g/mol. The van der Waals surface area contributed by atoms with Crippen LogP contribution in [0, 0.1) is 12.8 Å². The molecule has 6 nitrogen and oxygen atoms in total. The van der Waals surface area contributed by atoms with Crippen LogP contribution >= 0.6 is 0 Å². The predicted molar refractivity (Wildman–Crippen MR) is 68.6 cm³/mol. The van der Waals surface area contributed by atoms with Crippen molar-refractivity contribution in [1.29, 1.82) is 0 Å². The molecule has 7 heteroatoms. The van der Waals surface area contributed by atoms with Crippen LogP contribution in [-0.4, -0.2) is 41.9 Å². The molecule has 18 heavy (non-hydrogen) atoms. The fourth-order valence-corrected chi connectivity index (χ4v) is 3.66. The minimum Gasteiger partial charge on any atom is -0.334 e. The third-order valence-corrected chi connectivity index (χ3v) is 4.98. The van der Waals surface area contributed by atoms with Gasteiger partial charge < -0.3 is 10.3 Å². The zero-order valence-electron chi connectivity index (χ0n) is 10.8. The summed E-state index contributed by atoms with van der Waals surface area (Å²) in [7, 11) is -3.42. The van der Waals surface area contributed by atoms with Gasteiger partial charge in [-0.2, -0.15) is 4.31 Å². The highest BCUT2D eigenvalue weighted by molar-refractivity contribution is 7.89. The maximum absolute atomic E-state index is 12.3. The van der Waals surface area contributed by atoms with Crippen LogP contribution in [0.5, 0.6) is 0 Å². The number of rotatable bonds is 5. The number of sulfonamides is 1. The largest absolute Gasteiger partial charge is 0.334 e. The van der Waals surface area contributed by atoms with Crippen molar-refractivity contribution in [1.82, 2.24) is 13.9 Å². The molecule has 2 N–H and O–H groups in total. The molecule has 1 saturated heterocycles. The van der Waals surface area contributed by atoms with E-state index in [1.807, 2.05) is 11.5 Å². The molecule has 2 rings (SSSR count).